The van der Waals surface area contributed by atoms with E-state index in [0.29, 0.717) is 12.8 Å². The molecule has 0 aliphatic heterocycles. The predicted octanol–water partition coefficient (Wildman–Crippen LogP) is -0.491. The third kappa shape index (κ3) is 0.507. The van der Waals surface area contributed by atoms with Gasteiger partial charge in [0.2, 0.25) is 0 Å². The van der Waals surface area contributed by atoms with Crippen LogP contribution in [0.2, 0.25) is 0 Å². The summed E-state index contributed by atoms with van der Waals surface area (Å²) in [5.74, 6) is -2.33. The fourth-order valence-corrected chi connectivity index (χ4v) is 4.00. The van der Waals surface area contributed by atoms with Crippen LogP contribution in [0.5, 0.6) is 0 Å². The maximum Gasteiger partial charge on any atom is 0.324 e. The molecule has 0 radical (unpaired) electrons. The molecule has 0 spiro atoms. The van der Waals surface area contributed by atoms with Crippen LogP contribution in [0, 0.1) is 23.2 Å². The first-order valence-electron chi connectivity index (χ1n) is 4.71. The normalized spacial score (nSPS) is 57.4. The van der Waals surface area contributed by atoms with Gasteiger partial charge < -0.3 is 15.9 Å². The Bertz CT molecular complexity index is 368. The van der Waals surface area contributed by atoms with E-state index in [2.05, 4.69) is 0 Å². The molecule has 5 heteroatoms. The molecule has 0 amide bonds. The van der Waals surface area contributed by atoms with Crippen LogP contribution in [-0.2, 0) is 9.59 Å². The maximum atomic E-state index is 11.1. The number of carboxylic acid groups (broad SMARTS) is 2. The number of hydrogen-bond acceptors (Lipinski definition) is 3. The van der Waals surface area contributed by atoms with Crippen molar-refractivity contribution in [3.8, 4) is 0 Å². The predicted molar refractivity (Wildman–Crippen MR) is 44.3 cm³/mol. The summed E-state index contributed by atoms with van der Waals surface area (Å²) in [6.45, 7) is 0. The molecule has 4 bridgehead atoms. The number of rotatable bonds is 2. The highest BCUT2D eigenvalue weighted by Gasteiger charge is 2.88. The molecule has 0 aromatic carbocycles. The second-order valence-electron chi connectivity index (χ2n) is 4.80. The van der Waals surface area contributed by atoms with Crippen LogP contribution < -0.4 is 5.73 Å². The van der Waals surface area contributed by atoms with E-state index in [4.69, 9.17) is 15.9 Å². The Kier molecular flexibility index (Phi) is 1.07. The molecule has 4 N–H and O–H groups in total. The third-order valence-electron chi connectivity index (χ3n) is 4.59. The van der Waals surface area contributed by atoms with Gasteiger partial charge in [-0.05, 0) is 24.7 Å². The highest BCUT2D eigenvalue weighted by Crippen LogP contribution is 2.81. The standard InChI is InChI=1S/C9H11NO4/c10-9(7(13)14)3-1-4-5(9)8(4,2-3)6(11)12/h3-5H,1-2,10H2,(H,11,12)(H,13,14)/t3-,4-,5+,8-,9+/m0/s1. The topological polar surface area (TPSA) is 101 Å². The van der Waals surface area contributed by atoms with Crippen LogP contribution in [0.25, 0.3) is 0 Å². The summed E-state index contributed by atoms with van der Waals surface area (Å²) < 4.78 is 0. The lowest BCUT2D eigenvalue weighted by atomic mass is 9.90. The molecule has 4 saturated carbocycles. The maximum absolute atomic E-state index is 11.1. The van der Waals surface area contributed by atoms with Gasteiger partial charge >= 0.3 is 11.9 Å². The lowest BCUT2D eigenvalue weighted by molar-refractivity contribution is -0.145. The molecule has 0 aromatic heterocycles. The molecule has 0 unspecified atom stereocenters. The van der Waals surface area contributed by atoms with Crippen LogP contribution in [0.15, 0.2) is 0 Å². The molecule has 5 nitrogen and oxygen atoms in total. The molecular formula is C9H11NO4. The number of hydrogen-bond donors (Lipinski definition) is 3. The summed E-state index contributed by atoms with van der Waals surface area (Å²) in [5.41, 5.74) is 3.79. The van der Waals surface area contributed by atoms with Crippen molar-refractivity contribution in [3.05, 3.63) is 0 Å². The van der Waals surface area contributed by atoms with Crippen molar-refractivity contribution >= 4 is 11.9 Å². The smallest absolute Gasteiger partial charge is 0.324 e. The van der Waals surface area contributed by atoms with Crippen LogP contribution in [0.3, 0.4) is 0 Å². The molecule has 14 heavy (non-hydrogen) atoms. The van der Waals surface area contributed by atoms with E-state index in [-0.39, 0.29) is 17.8 Å². The van der Waals surface area contributed by atoms with E-state index < -0.39 is 22.9 Å². The molecule has 4 fully saturated rings. The van der Waals surface area contributed by atoms with E-state index in [1.165, 1.54) is 0 Å². The van der Waals surface area contributed by atoms with Crippen molar-refractivity contribution in [1.29, 1.82) is 0 Å². The largest absolute Gasteiger partial charge is 0.481 e. The zero-order chi connectivity index (χ0) is 10.3. The van der Waals surface area contributed by atoms with E-state index in [0.717, 1.165) is 0 Å². The molecule has 76 valence electrons. The van der Waals surface area contributed by atoms with Crippen molar-refractivity contribution < 1.29 is 19.8 Å². The average Bonchev–Trinajstić information content (AvgIpc) is 2.45. The van der Waals surface area contributed by atoms with Gasteiger partial charge in [0.05, 0.1) is 5.41 Å². The third-order valence-corrected chi connectivity index (χ3v) is 4.59. The quantitative estimate of drug-likeness (QED) is 0.554. The van der Waals surface area contributed by atoms with Crippen molar-refractivity contribution in [2.45, 2.75) is 18.4 Å². The Morgan fingerprint density at radius 1 is 1.29 bits per heavy atom. The van der Waals surface area contributed by atoms with Crippen LogP contribution in [-0.4, -0.2) is 27.7 Å². The van der Waals surface area contributed by atoms with Crippen molar-refractivity contribution in [2.75, 3.05) is 0 Å². The SMILES string of the molecule is N[C@]1(C(=O)O)[C@H]2C[C@H]3[C@@H]1[C@]3(C(=O)O)C2. The minimum absolute atomic E-state index is 0.0195. The molecule has 0 aromatic rings. The van der Waals surface area contributed by atoms with Gasteiger partial charge in [0, 0.05) is 5.92 Å². The fraction of sp³-hybridized carbons (Fsp3) is 0.778. The Morgan fingerprint density at radius 3 is 2.21 bits per heavy atom. The first-order valence-corrected chi connectivity index (χ1v) is 4.71. The molecule has 4 aliphatic carbocycles. The summed E-state index contributed by atoms with van der Waals surface area (Å²) >= 11 is 0. The van der Waals surface area contributed by atoms with Gasteiger partial charge in [-0.3, -0.25) is 9.59 Å². The van der Waals surface area contributed by atoms with Crippen LogP contribution in [0.1, 0.15) is 12.8 Å². The molecule has 5 atom stereocenters. The van der Waals surface area contributed by atoms with Gasteiger partial charge in [0.25, 0.3) is 0 Å². The number of nitrogens with two attached hydrogens (primary N) is 1. The Balaban J connectivity index is 2.06. The molecule has 4 aliphatic rings. The van der Waals surface area contributed by atoms with Gasteiger partial charge in [-0.25, -0.2) is 0 Å². The van der Waals surface area contributed by atoms with Crippen molar-refractivity contribution in [3.63, 3.8) is 0 Å². The van der Waals surface area contributed by atoms with Crippen molar-refractivity contribution in [2.24, 2.45) is 28.9 Å². The lowest BCUT2D eigenvalue weighted by Crippen LogP contribution is -2.51. The van der Waals surface area contributed by atoms with Crippen molar-refractivity contribution in [1.82, 2.24) is 0 Å². The van der Waals surface area contributed by atoms with Gasteiger partial charge in [-0.1, -0.05) is 0 Å². The van der Waals surface area contributed by atoms with Gasteiger partial charge in [-0.2, -0.15) is 0 Å². The minimum Gasteiger partial charge on any atom is -0.481 e. The Hall–Kier alpha value is -1.10. The molecule has 0 heterocycles. The average molecular weight is 197 g/mol. The van der Waals surface area contributed by atoms with Crippen LogP contribution >= 0.6 is 0 Å². The summed E-state index contributed by atoms with van der Waals surface area (Å²) in [7, 11) is 0. The first-order chi connectivity index (χ1) is 6.45. The second kappa shape index (κ2) is 1.82. The highest BCUT2D eigenvalue weighted by atomic mass is 16.4. The first kappa shape index (κ1) is 8.23. The summed E-state index contributed by atoms with van der Waals surface area (Å²) in [6, 6.07) is 0. The van der Waals surface area contributed by atoms with Gasteiger partial charge in [-0.15, -0.1) is 0 Å². The summed E-state index contributed by atoms with van der Waals surface area (Å²) in [6.07, 6.45) is 1.14. The van der Waals surface area contributed by atoms with Crippen LogP contribution in [0.4, 0.5) is 0 Å². The van der Waals surface area contributed by atoms with E-state index in [9.17, 15) is 9.59 Å². The van der Waals surface area contributed by atoms with Gasteiger partial charge in [0.15, 0.2) is 0 Å². The second-order valence-corrected chi connectivity index (χ2v) is 4.80. The molecular weight excluding hydrogens is 186 g/mol. The monoisotopic (exact) mass is 197 g/mol. The lowest BCUT2D eigenvalue weighted by Gasteiger charge is -2.22. The Morgan fingerprint density at radius 2 is 1.93 bits per heavy atom. The molecule has 0 saturated heterocycles. The van der Waals surface area contributed by atoms with E-state index >= 15 is 0 Å². The summed E-state index contributed by atoms with van der Waals surface area (Å²) in [4.78, 5) is 22.1. The summed E-state index contributed by atoms with van der Waals surface area (Å²) in [5, 5.41) is 18.1. The minimum atomic E-state index is -1.26. The molecule has 4 rings (SSSR count). The zero-order valence-electron chi connectivity index (χ0n) is 7.43. The zero-order valence-corrected chi connectivity index (χ0v) is 7.43. The fourth-order valence-electron chi connectivity index (χ4n) is 4.00. The number of carbonyl (C=O) groups is 2. The Labute approximate surface area is 79.9 Å². The van der Waals surface area contributed by atoms with E-state index in [1.54, 1.807) is 0 Å². The number of aliphatic carboxylic acids is 2. The number of carboxylic acids is 2. The highest BCUT2D eigenvalue weighted by molar-refractivity contribution is 5.90. The van der Waals surface area contributed by atoms with Gasteiger partial charge in [0.1, 0.15) is 5.54 Å². The van der Waals surface area contributed by atoms with E-state index in [1.807, 2.05) is 0 Å².